The number of cyclic esters (lactones) is 1. The van der Waals surface area contributed by atoms with E-state index >= 15 is 0 Å². The van der Waals surface area contributed by atoms with Gasteiger partial charge in [-0.3, -0.25) is 4.79 Å². The topological polar surface area (TPSA) is 106 Å². The van der Waals surface area contributed by atoms with Gasteiger partial charge in [-0.1, -0.05) is 74.5 Å². The fourth-order valence-electron chi connectivity index (χ4n) is 4.05. The highest BCUT2D eigenvalue weighted by molar-refractivity contribution is 8.00. The van der Waals surface area contributed by atoms with E-state index in [2.05, 4.69) is 29.8 Å². The maximum absolute atomic E-state index is 13.2. The van der Waals surface area contributed by atoms with E-state index in [-0.39, 0.29) is 24.5 Å². The maximum Gasteiger partial charge on any atom is 0.407 e. The van der Waals surface area contributed by atoms with Gasteiger partial charge < -0.3 is 25.4 Å². The smallest absolute Gasteiger partial charge is 0.407 e. The summed E-state index contributed by atoms with van der Waals surface area (Å²) in [7, 11) is 0. The summed E-state index contributed by atoms with van der Waals surface area (Å²) in [4.78, 5) is 36.9. The van der Waals surface area contributed by atoms with Crippen LogP contribution in [-0.2, 0) is 27.3 Å². The van der Waals surface area contributed by atoms with Gasteiger partial charge in [0.05, 0.1) is 17.8 Å². The van der Waals surface area contributed by atoms with Crippen molar-refractivity contribution in [3.05, 3.63) is 71.8 Å². The Balaban J connectivity index is 1.55. The van der Waals surface area contributed by atoms with Crippen LogP contribution in [0.5, 0.6) is 0 Å². The highest BCUT2D eigenvalue weighted by Gasteiger charge is 2.25. The molecular weight excluding hydrogens is 490 g/mol. The molecule has 3 atom stereocenters. The number of ether oxygens (including phenoxy) is 2. The van der Waals surface area contributed by atoms with Crippen molar-refractivity contribution in [2.75, 3.05) is 24.7 Å². The van der Waals surface area contributed by atoms with Crippen molar-refractivity contribution < 1.29 is 23.9 Å². The number of hydrogen-bond donors (Lipinski definition) is 3. The van der Waals surface area contributed by atoms with Gasteiger partial charge in [-0.2, -0.15) is 11.8 Å². The van der Waals surface area contributed by atoms with Crippen molar-refractivity contribution in [1.29, 1.82) is 0 Å². The van der Waals surface area contributed by atoms with Crippen LogP contribution in [0.4, 0.5) is 9.59 Å². The van der Waals surface area contributed by atoms with Crippen LogP contribution in [0.2, 0.25) is 0 Å². The van der Waals surface area contributed by atoms with Crippen LogP contribution in [0, 0.1) is 5.92 Å². The van der Waals surface area contributed by atoms with Crippen molar-refractivity contribution in [3.63, 3.8) is 0 Å². The Bertz CT molecular complexity index is 990. The number of amides is 2. The fraction of sp³-hybridized carbons (Fsp3) is 0.464. The van der Waals surface area contributed by atoms with Gasteiger partial charge in [-0.25, -0.2) is 9.59 Å². The van der Waals surface area contributed by atoms with E-state index in [0.29, 0.717) is 37.0 Å². The highest BCUT2D eigenvalue weighted by Crippen LogP contribution is 2.12. The number of benzene rings is 2. The molecule has 1 saturated heterocycles. The summed E-state index contributed by atoms with van der Waals surface area (Å²) in [6.07, 6.45) is 0.414. The molecule has 37 heavy (non-hydrogen) atoms. The number of thioether (sulfide) groups is 1. The lowest BCUT2D eigenvalue weighted by Crippen LogP contribution is -2.49. The summed E-state index contributed by atoms with van der Waals surface area (Å²) in [5.41, 5.74) is 1.98. The molecule has 1 heterocycles. The molecule has 3 unspecified atom stereocenters. The Morgan fingerprint density at radius 1 is 1.08 bits per heavy atom. The summed E-state index contributed by atoms with van der Waals surface area (Å²) in [5.74, 6) is 1.36. The third-order valence-electron chi connectivity index (χ3n) is 5.87. The van der Waals surface area contributed by atoms with Gasteiger partial charge in [0.25, 0.3) is 0 Å². The average molecular weight is 528 g/mol. The Hall–Kier alpha value is -3.04. The number of carbonyl (C=O) groups is 3. The molecule has 1 aliphatic heterocycles. The van der Waals surface area contributed by atoms with E-state index < -0.39 is 18.2 Å². The predicted molar refractivity (Wildman–Crippen MR) is 146 cm³/mol. The predicted octanol–water partition coefficient (Wildman–Crippen LogP) is 3.94. The zero-order valence-corrected chi connectivity index (χ0v) is 22.3. The summed E-state index contributed by atoms with van der Waals surface area (Å²) in [5, 5.41) is 9.11. The molecule has 8 nitrogen and oxygen atoms in total. The van der Waals surface area contributed by atoms with E-state index in [0.717, 1.165) is 17.5 Å². The van der Waals surface area contributed by atoms with Gasteiger partial charge >= 0.3 is 12.2 Å². The number of ketones is 1. The van der Waals surface area contributed by atoms with Gasteiger partial charge in [0.15, 0.2) is 5.78 Å². The van der Waals surface area contributed by atoms with Gasteiger partial charge in [-0.05, 0) is 29.9 Å². The average Bonchev–Trinajstić information content (AvgIpc) is 3.30. The molecule has 9 heteroatoms. The van der Waals surface area contributed by atoms with Crippen LogP contribution in [0.1, 0.15) is 31.4 Å². The van der Waals surface area contributed by atoms with Crippen molar-refractivity contribution >= 4 is 29.7 Å². The normalized spacial score (nSPS) is 16.5. The number of alkyl carbamates (subject to hydrolysis) is 2. The van der Waals surface area contributed by atoms with Crippen molar-refractivity contribution in [1.82, 2.24) is 16.0 Å². The highest BCUT2D eigenvalue weighted by atomic mass is 32.2. The van der Waals surface area contributed by atoms with Crippen molar-refractivity contribution in [2.24, 2.45) is 5.92 Å². The minimum atomic E-state index is -0.473. The first-order chi connectivity index (χ1) is 17.9. The second-order valence-corrected chi connectivity index (χ2v) is 10.6. The van der Waals surface area contributed by atoms with E-state index in [9.17, 15) is 14.4 Å². The Morgan fingerprint density at radius 3 is 2.38 bits per heavy atom. The molecule has 0 spiro atoms. The number of hydrogen-bond acceptors (Lipinski definition) is 7. The minimum absolute atomic E-state index is 0.0765. The van der Waals surface area contributed by atoms with E-state index in [1.165, 1.54) is 11.8 Å². The Kier molecular flexibility index (Phi) is 11.8. The van der Waals surface area contributed by atoms with Crippen LogP contribution in [0.25, 0.3) is 0 Å². The monoisotopic (exact) mass is 527 g/mol. The minimum Gasteiger partial charge on any atom is -0.447 e. The molecule has 0 aromatic heterocycles. The second-order valence-electron chi connectivity index (χ2n) is 9.60. The molecule has 1 fully saturated rings. The molecule has 0 saturated carbocycles. The lowest BCUT2D eigenvalue weighted by atomic mass is 10.0. The van der Waals surface area contributed by atoms with E-state index in [1.807, 2.05) is 60.7 Å². The molecule has 2 aromatic rings. The van der Waals surface area contributed by atoms with Gasteiger partial charge in [0.1, 0.15) is 13.2 Å². The summed E-state index contributed by atoms with van der Waals surface area (Å²) >= 11 is 1.49. The number of nitrogens with one attached hydrogen (secondary N) is 3. The number of Topliss-reactive ketones (excluding diaryl/α,β-unsaturated/α-hetero) is 1. The standard InChI is InChI=1S/C28H37N3O5S/c1-20(2)13-23(30-27(33)35-16-22-11-7-4-8-12-22)15-29-25(14-21-9-5-3-6-10-21)26(32)19-37-18-24-17-36-28(34)31-24/h3-12,20,23-25,29H,13-19H2,1-2H3,(H,30,33)(H,31,34). The van der Waals surface area contributed by atoms with Crippen LogP contribution in [-0.4, -0.2) is 60.8 Å². The fourth-order valence-corrected chi connectivity index (χ4v) is 5.03. The maximum atomic E-state index is 13.2. The van der Waals surface area contributed by atoms with Crippen LogP contribution in [0.3, 0.4) is 0 Å². The molecule has 3 N–H and O–H groups in total. The molecular formula is C28H37N3O5S. The first-order valence-corrected chi connectivity index (χ1v) is 13.8. The summed E-state index contributed by atoms with van der Waals surface area (Å²) in [6, 6.07) is 18.8. The molecule has 0 aliphatic carbocycles. The first kappa shape index (κ1) is 28.5. The van der Waals surface area contributed by atoms with Gasteiger partial charge in [0.2, 0.25) is 0 Å². The van der Waals surface area contributed by atoms with Crippen LogP contribution >= 0.6 is 11.8 Å². The molecule has 0 radical (unpaired) electrons. The lowest BCUT2D eigenvalue weighted by molar-refractivity contribution is -0.118. The molecule has 2 amide bonds. The van der Waals surface area contributed by atoms with Gasteiger partial charge in [0, 0.05) is 18.3 Å². The SMILES string of the molecule is CC(C)CC(CNC(Cc1ccccc1)C(=O)CSCC1COC(=O)N1)NC(=O)OCc1ccccc1. The van der Waals surface area contributed by atoms with Crippen molar-refractivity contribution in [3.8, 4) is 0 Å². The third kappa shape index (κ3) is 10.9. The quantitative estimate of drug-likeness (QED) is 0.322. The van der Waals surface area contributed by atoms with E-state index in [1.54, 1.807) is 0 Å². The first-order valence-electron chi connectivity index (χ1n) is 12.7. The van der Waals surface area contributed by atoms with E-state index in [4.69, 9.17) is 9.47 Å². The van der Waals surface area contributed by atoms with Crippen molar-refractivity contribution in [2.45, 2.75) is 51.4 Å². The van der Waals surface area contributed by atoms with Gasteiger partial charge in [-0.15, -0.1) is 0 Å². The Morgan fingerprint density at radius 2 is 1.76 bits per heavy atom. The molecule has 0 bridgehead atoms. The Labute approximate surface area is 223 Å². The zero-order valence-electron chi connectivity index (χ0n) is 21.5. The van der Waals surface area contributed by atoms with Crippen LogP contribution < -0.4 is 16.0 Å². The summed E-state index contributed by atoms with van der Waals surface area (Å²) < 4.78 is 10.3. The summed E-state index contributed by atoms with van der Waals surface area (Å²) in [6.45, 7) is 5.17. The zero-order chi connectivity index (χ0) is 26.5. The lowest BCUT2D eigenvalue weighted by Gasteiger charge is -2.24. The third-order valence-corrected chi connectivity index (χ3v) is 7.00. The molecule has 1 aliphatic rings. The van der Waals surface area contributed by atoms with Crippen LogP contribution in [0.15, 0.2) is 60.7 Å². The second kappa shape index (κ2) is 15.3. The number of rotatable bonds is 15. The molecule has 3 rings (SSSR count). The molecule has 2 aromatic carbocycles. The number of carbonyl (C=O) groups excluding carboxylic acids is 3. The largest absolute Gasteiger partial charge is 0.447 e. The molecule has 200 valence electrons.